The Balaban J connectivity index is 1.85. The second kappa shape index (κ2) is 5.69. The summed E-state index contributed by atoms with van der Waals surface area (Å²) < 4.78 is 14.5. The standard InChI is InChI=1S/C15H12FN3O2S/c1-9-8-22-15-18-7-12(14(21)19(9)15)13(20)17-6-10-3-2-4-11(16)5-10/h2-5,7-8H,6H2,1H3,(H,17,20). The SMILES string of the molecule is Cc1csc2ncc(C(=O)NCc3cccc(F)c3)c(=O)n12. The van der Waals surface area contributed by atoms with Crippen LogP contribution in [0, 0.1) is 12.7 Å². The fraction of sp³-hybridized carbons (Fsp3) is 0.133. The van der Waals surface area contributed by atoms with Crippen molar-refractivity contribution in [3.63, 3.8) is 0 Å². The second-order valence-electron chi connectivity index (χ2n) is 4.78. The van der Waals surface area contributed by atoms with E-state index in [1.54, 1.807) is 24.4 Å². The maximum Gasteiger partial charge on any atom is 0.271 e. The monoisotopic (exact) mass is 317 g/mol. The number of hydrogen-bond donors (Lipinski definition) is 1. The van der Waals surface area contributed by atoms with E-state index >= 15 is 0 Å². The van der Waals surface area contributed by atoms with Crippen molar-refractivity contribution in [2.45, 2.75) is 13.5 Å². The molecular formula is C15H12FN3O2S. The molecule has 7 heteroatoms. The Bertz CT molecular complexity index is 917. The zero-order valence-electron chi connectivity index (χ0n) is 11.7. The minimum atomic E-state index is -0.526. The van der Waals surface area contributed by atoms with Gasteiger partial charge in [0.05, 0.1) is 0 Å². The lowest BCUT2D eigenvalue weighted by Gasteiger charge is -2.05. The van der Waals surface area contributed by atoms with Crippen LogP contribution < -0.4 is 10.9 Å². The zero-order valence-corrected chi connectivity index (χ0v) is 12.5. The summed E-state index contributed by atoms with van der Waals surface area (Å²) in [5, 5.41) is 4.41. The lowest BCUT2D eigenvalue weighted by Crippen LogP contribution is -2.31. The Hall–Kier alpha value is -2.54. The van der Waals surface area contributed by atoms with Crippen LogP contribution in [0.1, 0.15) is 21.6 Å². The van der Waals surface area contributed by atoms with Gasteiger partial charge in [0.15, 0.2) is 4.96 Å². The minimum absolute atomic E-state index is 0.0320. The van der Waals surface area contributed by atoms with Gasteiger partial charge in [0, 0.05) is 23.8 Å². The van der Waals surface area contributed by atoms with Crippen molar-refractivity contribution in [2.24, 2.45) is 0 Å². The van der Waals surface area contributed by atoms with E-state index < -0.39 is 11.5 Å². The first-order valence-electron chi connectivity index (χ1n) is 6.55. The van der Waals surface area contributed by atoms with Crippen LogP contribution in [0.2, 0.25) is 0 Å². The molecule has 0 saturated heterocycles. The number of nitrogens with zero attached hydrogens (tertiary/aromatic N) is 2. The largest absolute Gasteiger partial charge is 0.348 e. The summed E-state index contributed by atoms with van der Waals surface area (Å²) in [4.78, 5) is 29.1. The molecular weight excluding hydrogens is 305 g/mol. The number of nitrogens with one attached hydrogen (secondary N) is 1. The van der Waals surface area contributed by atoms with Crippen molar-refractivity contribution >= 4 is 22.2 Å². The normalized spacial score (nSPS) is 10.8. The summed E-state index contributed by atoms with van der Waals surface area (Å²) >= 11 is 1.34. The molecule has 2 heterocycles. The molecule has 0 aliphatic heterocycles. The summed E-state index contributed by atoms with van der Waals surface area (Å²) in [6.07, 6.45) is 1.27. The average Bonchev–Trinajstić information content (AvgIpc) is 2.87. The Morgan fingerprint density at radius 1 is 1.45 bits per heavy atom. The van der Waals surface area contributed by atoms with E-state index in [-0.39, 0.29) is 17.9 Å². The Morgan fingerprint density at radius 3 is 3.05 bits per heavy atom. The van der Waals surface area contributed by atoms with Gasteiger partial charge in [0.25, 0.3) is 11.5 Å². The quantitative estimate of drug-likeness (QED) is 0.805. The van der Waals surface area contributed by atoms with Crippen LogP contribution in [-0.4, -0.2) is 15.3 Å². The van der Waals surface area contributed by atoms with E-state index in [0.717, 1.165) is 5.69 Å². The van der Waals surface area contributed by atoms with E-state index in [1.165, 1.54) is 34.1 Å². The molecule has 0 fully saturated rings. The molecule has 3 aromatic rings. The van der Waals surface area contributed by atoms with E-state index in [4.69, 9.17) is 0 Å². The van der Waals surface area contributed by atoms with Crippen LogP contribution in [0.25, 0.3) is 4.96 Å². The topological polar surface area (TPSA) is 63.5 Å². The molecule has 1 N–H and O–H groups in total. The first-order chi connectivity index (χ1) is 10.6. The highest BCUT2D eigenvalue weighted by Gasteiger charge is 2.14. The van der Waals surface area contributed by atoms with Gasteiger partial charge in [-0.15, -0.1) is 11.3 Å². The Kier molecular flexibility index (Phi) is 3.72. The highest BCUT2D eigenvalue weighted by molar-refractivity contribution is 7.15. The molecule has 0 aliphatic carbocycles. The molecule has 22 heavy (non-hydrogen) atoms. The van der Waals surface area contributed by atoms with Crippen molar-refractivity contribution in [2.75, 3.05) is 0 Å². The van der Waals surface area contributed by atoms with Crippen LogP contribution >= 0.6 is 11.3 Å². The molecule has 0 atom stereocenters. The van der Waals surface area contributed by atoms with Crippen LogP contribution in [0.15, 0.2) is 40.6 Å². The minimum Gasteiger partial charge on any atom is -0.348 e. The second-order valence-corrected chi connectivity index (χ2v) is 5.62. The van der Waals surface area contributed by atoms with Gasteiger partial charge in [-0.25, -0.2) is 9.37 Å². The van der Waals surface area contributed by atoms with Gasteiger partial charge >= 0.3 is 0 Å². The molecule has 0 radical (unpaired) electrons. The molecule has 1 amide bonds. The van der Waals surface area contributed by atoms with Gasteiger partial charge in [-0.3, -0.25) is 14.0 Å². The van der Waals surface area contributed by atoms with Gasteiger partial charge < -0.3 is 5.32 Å². The van der Waals surface area contributed by atoms with Gasteiger partial charge in [-0.05, 0) is 24.6 Å². The van der Waals surface area contributed by atoms with Crippen molar-refractivity contribution < 1.29 is 9.18 Å². The zero-order chi connectivity index (χ0) is 15.7. The van der Waals surface area contributed by atoms with Gasteiger partial charge in [0.2, 0.25) is 0 Å². The number of rotatable bonds is 3. The van der Waals surface area contributed by atoms with Crippen molar-refractivity contribution in [1.29, 1.82) is 0 Å². The maximum absolute atomic E-state index is 13.1. The number of aromatic nitrogens is 2. The lowest BCUT2D eigenvalue weighted by atomic mass is 10.2. The van der Waals surface area contributed by atoms with E-state index in [0.29, 0.717) is 10.5 Å². The molecule has 0 aliphatic rings. The lowest BCUT2D eigenvalue weighted by molar-refractivity contribution is 0.0949. The predicted molar refractivity (Wildman–Crippen MR) is 81.6 cm³/mol. The molecule has 0 spiro atoms. The number of carbonyl (C=O) groups excluding carboxylic acids is 1. The third kappa shape index (κ3) is 2.62. The smallest absolute Gasteiger partial charge is 0.271 e. The van der Waals surface area contributed by atoms with Crippen molar-refractivity contribution in [3.05, 3.63) is 68.8 Å². The molecule has 2 aromatic heterocycles. The average molecular weight is 317 g/mol. The first-order valence-corrected chi connectivity index (χ1v) is 7.43. The summed E-state index contributed by atoms with van der Waals surface area (Å²) in [6, 6.07) is 5.92. The molecule has 1 aromatic carbocycles. The fourth-order valence-electron chi connectivity index (χ4n) is 2.11. The van der Waals surface area contributed by atoms with Crippen LogP contribution in [0.5, 0.6) is 0 Å². The number of thiazole rings is 1. The number of aryl methyl sites for hydroxylation is 1. The van der Waals surface area contributed by atoms with Crippen molar-refractivity contribution in [1.82, 2.24) is 14.7 Å². The summed E-state index contributed by atoms with van der Waals surface area (Å²) in [6.45, 7) is 1.92. The third-order valence-corrected chi connectivity index (χ3v) is 4.16. The van der Waals surface area contributed by atoms with Crippen LogP contribution in [0.4, 0.5) is 4.39 Å². The number of halogens is 1. The number of benzene rings is 1. The van der Waals surface area contributed by atoms with Gasteiger partial charge in [-0.1, -0.05) is 12.1 Å². The number of amides is 1. The Morgan fingerprint density at radius 2 is 2.27 bits per heavy atom. The van der Waals surface area contributed by atoms with Crippen molar-refractivity contribution in [3.8, 4) is 0 Å². The molecule has 0 unspecified atom stereocenters. The highest BCUT2D eigenvalue weighted by Crippen LogP contribution is 2.11. The van der Waals surface area contributed by atoms with Gasteiger partial charge in [0.1, 0.15) is 11.4 Å². The van der Waals surface area contributed by atoms with Crippen LogP contribution in [-0.2, 0) is 6.54 Å². The first kappa shape index (κ1) is 14.4. The van der Waals surface area contributed by atoms with Crippen LogP contribution in [0.3, 0.4) is 0 Å². The molecule has 112 valence electrons. The molecule has 5 nitrogen and oxygen atoms in total. The number of hydrogen-bond acceptors (Lipinski definition) is 4. The third-order valence-electron chi connectivity index (χ3n) is 3.20. The number of fused-ring (bicyclic) bond motifs is 1. The Labute approximate surface area is 129 Å². The predicted octanol–water partition coefficient (Wildman–Crippen LogP) is 2.13. The van der Waals surface area contributed by atoms with E-state index in [1.807, 2.05) is 0 Å². The van der Waals surface area contributed by atoms with E-state index in [9.17, 15) is 14.0 Å². The van der Waals surface area contributed by atoms with E-state index in [2.05, 4.69) is 10.3 Å². The van der Waals surface area contributed by atoms with Gasteiger partial charge in [-0.2, -0.15) is 0 Å². The number of carbonyl (C=O) groups is 1. The molecule has 0 bridgehead atoms. The summed E-state index contributed by atoms with van der Waals surface area (Å²) in [5.74, 6) is -0.898. The highest BCUT2D eigenvalue weighted by atomic mass is 32.1. The molecule has 3 rings (SSSR count). The summed E-state index contributed by atoms with van der Waals surface area (Å²) in [5.41, 5.74) is 0.919. The summed E-state index contributed by atoms with van der Waals surface area (Å²) in [7, 11) is 0. The molecule has 0 saturated carbocycles. The maximum atomic E-state index is 13.1. The fourth-order valence-corrected chi connectivity index (χ4v) is 2.93.